The van der Waals surface area contributed by atoms with Crippen molar-refractivity contribution in [3.05, 3.63) is 11.6 Å². The average Bonchev–Trinajstić information content (AvgIpc) is 2.98. The Morgan fingerprint density at radius 3 is 2.62 bits per heavy atom. The van der Waals surface area contributed by atoms with Gasteiger partial charge in [0.2, 0.25) is 0 Å². The van der Waals surface area contributed by atoms with Crippen molar-refractivity contribution in [2.75, 3.05) is 37.6 Å². The van der Waals surface area contributed by atoms with Crippen LogP contribution in [0.2, 0.25) is 0 Å². The first-order valence-corrected chi connectivity index (χ1v) is 8.47. The van der Waals surface area contributed by atoms with Gasteiger partial charge in [-0.1, -0.05) is 6.42 Å². The Hall–Kier alpha value is -1.14. The first kappa shape index (κ1) is 16.2. The van der Waals surface area contributed by atoms with Gasteiger partial charge in [0.25, 0.3) is 0 Å². The van der Waals surface area contributed by atoms with E-state index >= 15 is 0 Å². The third kappa shape index (κ3) is 4.68. The van der Waals surface area contributed by atoms with Crippen molar-refractivity contribution >= 4 is 22.4 Å². The summed E-state index contributed by atoms with van der Waals surface area (Å²) in [6.07, 6.45) is 4.66. The standard InChI is InChI=1S/C15H25N3O2S/c1-15(2,13(19)20)5-3-4-7-17-8-10-18(11-9-17)14-16-6-12-21-14/h6,12H,3-5,7-11H2,1-2H3,(H,19,20). The molecule has 0 aromatic carbocycles. The van der Waals surface area contributed by atoms with Gasteiger partial charge >= 0.3 is 5.97 Å². The van der Waals surface area contributed by atoms with E-state index in [2.05, 4.69) is 14.8 Å². The molecule has 1 fully saturated rings. The Morgan fingerprint density at radius 2 is 2.05 bits per heavy atom. The van der Waals surface area contributed by atoms with Crippen LogP contribution < -0.4 is 4.90 Å². The van der Waals surface area contributed by atoms with Gasteiger partial charge in [0.15, 0.2) is 5.13 Å². The number of unbranched alkanes of at least 4 members (excludes halogenated alkanes) is 1. The normalized spacial score (nSPS) is 17.1. The molecule has 6 heteroatoms. The summed E-state index contributed by atoms with van der Waals surface area (Å²) in [5, 5.41) is 12.2. The van der Waals surface area contributed by atoms with Gasteiger partial charge < -0.3 is 10.0 Å². The maximum absolute atomic E-state index is 11.0. The molecule has 1 N–H and O–H groups in total. The Morgan fingerprint density at radius 1 is 1.33 bits per heavy atom. The maximum Gasteiger partial charge on any atom is 0.309 e. The predicted octanol–water partition coefficient (Wildman–Crippen LogP) is 2.55. The smallest absolute Gasteiger partial charge is 0.309 e. The van der Waals surface area contributed by atoms with E-state index in [0.717, 1.165) is 57.1 Å². The lowest BCUT2D eigenvalue weighted by atomic mass is 9.87. The predicted molar refractivity (Wildman–Crippen MR) is 86.0 cm³/mol. The number of carboxylic acid groups (broad SMARTS) is 1. The number of aromatic nitrogens is 1. The van der Waals surface area contributed by atoms with E-state index in [1.807, 2.05) is 25.4 Å². The molecule has 0 amide bonds. The van der Waals surface area contributed by atoms with Crippen LogP contribution in [0, 0.1) is 5.41 Å². The van der Waals surface area contributed by atoms with Crippen molar-refractivity contribution in [1.29, 1.82) is 0 Å². The van der Waals surface area contributed by atoms with E-state index in [9.17, 15) is 4.79 Å². The van der Waals surface area contributed by atoms with E-state index in [1.54, 1.807) is 11.3 Å². The summed E-state index contributed by atoms with van der Waals surface area (Å²) >= 11 is 1.70. The van der Waals surface area contributed by atoms with E-state index in [-0.39, 0.29) is 0 Å². The van der Waals surface area contributed by atoms with E-state index < -0.39 is 11.4 Å². The Balaban J connectivity index is 1.62. The highest BCUT2D eigenvalue weighted by Crippen LogP contribution is 2.23. The molecule has 1 saturated heterocycles. The summed E-state index contributed by atoms with van der Waals surface area (Å²) in [5.41, 5.74) is -0.594. The number of hydrogen-bond donors (Lipinski definition) is 1. The lowest BCUT2D eigenvalue weighted by Crippen LogP contribution is -2.46. The molecule has 1 aliphatic rings. The van der Waals surface area contributed by atoms with Crippen LogP contribution in [0.5, 0.6) is 0 Å². The summed E-state index contributed by atoms with van der Waals surface area (Å²) in [4.78, 5) is 20.2. The molecule has 0 spiro atoms. The number of rotatable bonds is 7. The van der Waals surface area contributed by atoms with Crippen LogP contribution in [-0.4, -0.2) is 53.7 Å². The van der Waals surface area contributed by atoms with Gasteiger partial charge in [-0.05, 0) is 33.2 Å². The van der Waals surface area contributed by atoms with Crippen LogP contribution in [0.1, 0.15) is 33.1 Å². The highest BCUT2D eigenvalue weighted by Gasteiger charge is 2.26. The summed E-state index contributed by atoms with van der Waals surface area (Å²) in [6, 6.07) is 0. The lowest BCUT2D eigenvalue weighted by Gasteiger charge is -2.34. The van der Waals surface area contributed by atoms with Gasteiger partial charge in [-0.15, -0.1) is 11.3 Å². The largest absolute Gasteiger partial charge is 0.481 e. The Kier molecular flexibility index (Phi) is 5.58. The molecule has 1 aromatic rings. The number of aliphatic carboxylic acids is 1. The molecule has 2 rings (SSSR count). The number of nitrogens with zero attached hydrogens (tertiary/aromatic N) is 3. The molecule has 0 bridgehead atoms. The van der Waals surface area contributed by atoms with Crippen molar-refractivity contribution in [3.63, 3.8) is 0 Å². The van der Waals surface area contributed by atoms with Crippen LogP contribution in [0.15, 0.2) is 11.6 Å². The number of hydrogen-bond acceptors (Lipinski definition) is 5. The fourth-order valence-corrected chi connectivity index (χ4v) is 3.24. The monoisotopic (exact) mass is 311 g/mol. The van der Waals surface area contributed by atoms with E-state index in [0.29, 0.717) is 0 Å². The number of thiazole rings is 1. The van der Waals surface area contributed by atoms with Crippen molar-refractivity contribution in [2.24, 2.45) is 5.41 Å². The molecule has 118 valence electrons. The van der Waals surface area contributed by atoms with Crippen molar-refractivity contribution in [2.45, 2.75) is 33.1 Å². The summed E-state index contributed by atoms with van der Waals surface area (Å²) in [6.45, 7) is 8.90. The van der Waals surface area contributed by atoms with Crippen LogP contribution in [-0.2, 0) is 4.79 Å². The van der Waals surface area contributed by atoms with Gasteiger partial charge in [-0.2, -0.15) is 0 Å². The quantitative estimate of drug-likeness (QED) is 0.784. The number of piperazine rings is 1. The second-order valence-electron chi connectivity index (χ2n) is 6.29. The summed E-state index contributed by atoms with van der Waals surface area (Å²) < 4.78 is 0. The van der Waals surface area contributed by atoms with Crippen molar-refractivity contribution < 1.29 is 9.90 Å². The molecular formula is C15H25N3O2S. The van der Waals surface area contributed by atoms with Gasteiger partial charge in [-0.25, -0.2) is 4.98 Å². The highest BCUT2D eigenvalue weighted by molar-refractivity contribution is 7.13. The van der Waals surface area contributed by atoms with Crippen LogP contribution in [0.3, 0.4) is 0 Å². The zero-order chi connectivity index (χ0) is 15.3. The van der Waals surface area contributed by atoms with E-state index in [4.69, 9.17) is 5.11 Å². The molecule has 2 heterocycles. The second kappa shape index (κ2) is 7.22. The zero-order valence-electron chi connectivity index (χ0n) is 12.9. The Labute approximate surface area is 130 Å². The van der Waals surface area contributed by atoms with Gasteiger partial charge in [0, 0.05) is 37.8 Å². The molecule has 1 aliphatic heterocycles. The molecule has 21 heavy (non-hydrogen) atoms. The average molecular weight is 311 g/mol. The first-order chi connectivity index (χ1) is 9.99. The second-order valence-corrected chi connectivity index (χ2v) is 7.16. The Bertz CT molecular complexity index is 440. The van der Waals surface area contributed by atoms with Crippen LogP contribution >= 0.6 is 11.3 Å². The minimum atomic E-state index is -0.695. The topological polar surface area (TPSA) is 56.7 Å². The third-order valence-corrected chi connectivity index (χ3v) is 5.00. The number of carbonyl (C=O) groups is 1. The van der Waals surface area contributed by atoms with Gasteiger partial charge in [-0.3, -0.25) is 9.69 Å². The minimum Gasteiger partial charge on any atom is -0.481 e. The van der Waals surface area contributed by atoms with Crippen LogP contribution in [0.25, 0.3) is 0 Å². The molecule has 0 radical (unpaired) electrons. The maximum atomic E-state index is 11.0. The molecular weight excluding hydrogens is 286 g/mol. The lowest BCUT2D eigenvalue weighted by molar-refractivity contribution is -0.147. The fraction of sp³-hybridized carbons (Fsp3) is 0.733. The van der Waals surface area contributed by atoms with Gasteiger partial charge in [0.05, 0.1) is 5.41 Å². The highest BCUT2D eigenvalue weighted by atomic mass is 32.1. The summed E-state index contributed by atoms with van der Waals surface area (Å²) in [5.74, 6) is -0.695. The SMILES string of the molecule is CC(C)(CCCCN1CCN(c2nccs2)CC1)C(=O)O. The molecule has 0 aliphatic carbocycles. The molecule has 0 unspecified atom stereocenters. The van der Waals surface area contributed by atoms with Gasteiger partial charge in [0.1, 0.15) is 0 Å². The first-order valence-electron chi connectivity index (χ1n) is 7.59. The molecule has 1 aromatic heterocycles. The number of anilines is 1. The fourth-order valence-electron chi connectivity index (χ4n) is 2.54. The molecule has 0 atom stereocenters. The van der Waals surface area contributed by atoms with Crippen molar-refractivity contribution in [1.82, 2.24) is 9.88 Å². The van der Waals surface area contributed by atoms with E-state index in [1.165, 1.54) is 0 Å². The van der Waals surface area contributed by atoms with Crippen molar-refractivity contribution in [3.8, 4) is 0 Å². The summed E-state index contributed by atoms with van der Waals surface area (Å²) in [7, 11) is 0. The zero-order valence-corrected chi connectivity index (χ0v) is 13.7. The molecule has 0 saturated carbocycles. The number of carboxylic acids is 1. The molecule has 5 nitrogen and oxygen atoms in total. The third-order valence-electron chi connectivity index (χ3n) is 4.17. The minimum absolute atomic E-state index is 0.594. The van der Waals surface area contributed by atoms with Crippen LogP contribution in [0.4, 0.5) is 5.13 Å².